The van der Waals surface area contributed by atoms with Crippen LogP contribution >= 0.6 is 0 Å². The Morgan fingerprint density at radius 2 is 2.53 bits per heavy atom. The molecule has 0 saturated carbocycles. The highest BCUT2D eigenvalue weighted by Crippen LogP contribution is 2.28. The molecule has 0 N–H and O–H groups in total. The molecule has 2 heteroatoms. The fourth-order valence-corrected chi connectivity index (χ4v) is 1.93. The molecule has 84 valence electrons. The van der Waals surface area contributed by atoms with Crippen molar-refractivity contribution in [2.24, 2.45) is 11.8 Å². The van der Waals surface area contributed by atoms with Crippen molar-refractivity contribution in [3.05, 3.63) is 24.8 Å². The van der Waals surface area contributed by atoms with Gasteiger partial charge in [0.25, 0.3) is 0 Å². The summed E-state index contributed by atoms with van der Waals surface area (Å²) < 4.78 is 5.20. The van der Waals surface area contributed by atoms with E-state index in [1.807, 2.05) is 13.0 Å². The molecule has 0 spiro atoms. The van der Waals surface area contributed by atoms with E-state index < -0.39 is 0 Å². The highest BCUT2D eigenvalue weighted by molar-refractivity contribution is 5.73. The molecule has 0 radical (unpaired) electrons. The molecule has 0 amide bonds. The minimum Gasteiger partial charge on any atom is -0.465 e. The van der Waals surface area contributed by atoms with Gasteiger partial charge in [0.1, 0.15) is 0 Å². The second kappa shape index (κ2) is 6.44. The van der Waals surface area contributed by atoms with Gasteiger partial charge in [0.05, 0.1) is 12.5 Å². The summed E-state index contributed by atoms with van der Waals surface area (Å²) in [4.78, 5) is 11.8. The van der Waals surface area contributed by atoms with Crippen LogP contribution in [0.2, 0.25) is 0 Å². The maximum Gasteiger partial charge on any atom is 0.309 e. The molecule has 1 rings (SSSR count). The Labute approximate surface area is 92.0 Å². The van der Waals surface area contributed by atoms with Crippen molar-refractivity contribution in [1.29, 1.82) is 0 Å². The predicted molar refractivity (Wildman–Crippen MR) is 61.4 cm³/mol. The molecule has 15 heavy (non-hydrogen) atoms. The SMILES string of the molecule is C=CCC(C(=O)OCCC)C1C=CCC1. The smallest absolute Gasteiger partial charge is 0.309 e. The average Bonchev–Trinajstić information content (AvgIpc) is 2.75. The molecule has 2 atom stereocenters. The molecule has 2 nitrogen and oxygen atoms in total. The number of ether oxygens (including phenoxy) is 1. The van der Waals surface area contributed by atoms with Gasteiger partial charge in [0.15, 0.2) is 0 Å². The van der Waals surface area contributed by atoms with Crippen molar-refractivity contribution in [1.82, 2.24) is 0 Å². The van der Waals surface area contributed by atoms with Gasteiger partial charge in [-0.05, 0) is 31.6 Å². The third kappa shape index (κ3) is 3.54. The topological polar surface area (TPSA) is 26.3 Å². The summed E-state index contributed by atoms with van der Waals surface area (Å²) in [6.07, 6.45) is 9.85. The fraction of sp³-hybridized carbons (Fsp3) is 0.615. The van der Waals surface area contributed by atoms with Gasteiger partial charge >= 0.3 is 5.97 Å². The summed E-state index contributed by atoms with van der Waals surface area (Å²) in [7, 11) is 0. The van der Waals surface area contributed by atoms with E-state index in [9.17, 15) is 4.79 Å². The minimum atomic E-state index is -0.0618. The van der Waals surface area contributed by atoms with Crippen LogP contribution in [-0.2, 0) is 9.53 Å². The lowest BCUT2D eigenvalue weighted by Gasteiger charge is -2.19. The van der Waals surface area contributed by atoms with E-state index in [0.717, 1.165) is 25.7 Å². The third-order valence-electron chi connectivity index (χ3n) is 2.74. The second-order valence-corrected chi connectivity index (χ2v) is 3.97. The molecule has 0 aromatic carbocycles. The van der Waals surface area contributed by atoms with Gasteiger partial charge in [0.2, 0.25) is 0 Å². The van der Waals surface area contributed by atoms with E-state index in [1.54, 1.807) is 0 Å². The van der Waals surface area contributed by atoms with E-state index in [0.29, 0.717) is 12.5 Å². The lowest BCUT2D eigenvalue weighted by Crippen LogP contribution is -2.23. The number of hydrogen-bond acceptors (Lipinski definition) is 2. The van der Waals surface area contributed by atoms with E-state index in [4.69, 9.17) is 4.74 Å². The Balaban J connectivity index is 2.51. The molecule has 0 bridgehead atoms. The third-order valence-corrected chi connectivity index (χ3v) is 2.74. The molecule has 1 aliphatic carbocycles. The van der Waals surface area contributed by atoms with Crippen LogP contribution in [0.15, 0.2) is 24.8 Å². The van der Waals surface area contributed by atoms with Gasteiger partial charge < -0.3 is 4.74 Å². The Morgan fingerprint density at radius 3 is 3.07 bits per heavy atom. The zero-order chi connectivity index (χ0) is 11.1. The van der Waals surface area contributed by atoms with Crippen LogP contribution in [0, 0.1) is 11.8 Å². The Morgan fingerprint density at radius 1 is 1.73 bits per heavy atom. The quantitative estimate of drug-likeness (QED) is 0.495. The Kier molecular flexibility index (Phi) is 5.16. The Hall–Kier alpha value is -1.05. The average molecular weight is 208 g/mol. The van der Waals surface area contributed by atoms with E-state index >= 15 is 0 Å². The van der Waals surface area contributed by atoms with Crippen LogP contribution in [0.4, 0.5) is 0 Å². The number of carbonyl (C=O) groups is 1. The number of carbonyl (C=O) groups excluding carboxylic acids is 1. The molecule has 0 aromatic rings. The maximum absolute atomic E-state index is 11.8. The van der Waals surface area contributed by atoms with Crippen molar-refractivity contribution >= 4 is 5.97 Å². The van der Waals surface area contributed by atoms with Crippen LogP contribution in [0.25, 0.3) is 0 Å². The molecule has 0 fully saturated rings. The van der Waals surface area contributed by atoms with E-state index in [2.05, 4.69) is 18.7 Å². The lowest BCUT2D eigenvalue weighted by molar-refractivity contribution is -0.149. The van der Waals surface area contributed by atoms with Crippen LogP contribution in [0.3, 0.4) is 0 Å². The van der Waals surface area contributed by atoms with Crippen molar-refractivity contribution in [3.8, 4) is 0 Å². The molecule has 0 heterocycles. The van der Waals surface area contributed by atoms with Gasteiger partial charge in [-0.15, -0.1) is 6.58 Å². The van der Waals surface area contributed by atoms with Gasteiger partial charge in [-0.1, -0.05) is 25.2 Å². The molecular weight excluding hydrogens is 188 g/mol. The number of rotatable bonds is 6. The molecule has 0 saturated heterocycles. The summed E-state index contributed by atoms with van der Waals surface area (Å²) in [6.45, 7) is 6.24. The second-order valence-electron chi connectivity index (χ2n) is 3.97. The van der Waals surface area contributed by atoms with Gasteiger partial charge in [0, 0.05) is 0 Å². The lowest BCUT2D eigenvalue weighted by atomic mass is 9.89. The summed E-state index contributed by atoms with van der Waals surface area (Å²) in [5.41, 5.74) is 0. The number of allylic oxidation sites excluding steroid dienone is 3. The largest absolute Gasteiger partial charge is 0.465 e. The molecule has 0 aliphatic heterocycles. The predicted octanol–water partition coefficient (Wildman–Crippen LogP) is 3.10. The van der Waals surface area contributed by atoms with E-state index in [1.165, 1.54) is 0 Å². The number of esters is 1. The highest BCUT2D eigenvalue weighted by Gasteiger charge is 2.27. The first-order chi connectivity index (χ1) is 7.29. The van der Waals surface area contributed by atoms with Crippen LogP contribution in [0.5, 0.6) is 0 Å². The first-order valence-corrected chi connectivity index (χ1v) is 5.73. The monoisotopic (exact) mass is 208 g/mol. The number of hydrogen-bond donors (Lipinski definition) is 0. The van der Waals surface area contributed by atoms with Crippen molar-refractivity contribution in [2.45, 2.75) is 32.6 Å². The molecule has 1 aliphatic rings. The van der Waals surface area contributed by atoms with Gasteiger partial charge in [-0.25, -0.2) is 0 Å². The first-order valence-electron chi connectivity index (χ1n) is 5.73. The highest BCUT2D eigenvalue weighted by atomic mass is 16.5. The zero-order valence-corrected chi connectivity index (χ0v) is 9.45. The van der Waals surface area contributed by atoms with Gasteiger partial charge in [-0.2, -0.15) is 0 Å². The summed E-state index contributed by atoms with van der Waals surface area (Å²) in [5.74, 6) is 0.272. The van der Waals surface area contributed by atoms with Gasteiger partial charge in [-0.3, -0.25) is 4.79 Å². The summed E-state index contributed by atoms with van der Waals surface area (Å²) in [5, 5.41) is 0. The first kappa shape index (κ1) is 12.0. The minimum absolute atomic E-state index is 0.0206. The van der Waals surface area contributed by atoms with Crippen molar-refractivity contribution in [3.63, 3.8) is 0 Å². The summed E-state index contributed by atoms with van der Waals surface area (Å²) >= 11 is 0. The standard InChI is InChI=1S/C13H20O2/c1-3-7-12(11-8-5-6-9-11)13(14)15-10-4-2/h3,5,8,11-12H,1,4,6-7,9-10H2,2H3. The van der Waals surface area contributed by atoms with Crippen LogP contribution < -0.4 is 0 Å². The van der Waals surface area contributed by atoms with Crippen molar-refractivity contribution < 1.29 is 9.53 Å². The van der Waals surface area contributed by atoms with Crippen molar-refractivity contribution in [2.75, 3.05) is 6.61 Å². The zero-order valence-electron chi connectivity index (χ0n) is 9.45. The van der Waals surface area contributed by atoms with E-state index in [-0.39, 0.29) is 11.9 Å². The fourth-order valence-electron chi connectivity index (χ4n) is 1.93. The molecule has 2 unspecified atom stereocenters. The molecule has 0 aromatic heterocycles. The van der Waals surface area contributed by atoms with Crippen LogP contribution in [0.1, 0.15) is 32.6 Å². The molecular formula is C13H20O2. The van der Waals surface area contributed by atoms with Crippen LogP contribution in [-0.4, -0.2) is 12.6 Å². The maximum atomic E-state index is 11.8. The normalized spacial score (nSPS) is 21.3. The summed E-state index contributed by atoms with van der Waals surface area (Å²) in [6, 6.07) is 0. The Bertz CT molecular complexity index is 243.